The van der Waals surface area contributed by atoms with E-state index in [-0.39, 0.29) is 11.7 Å². The van der Waals surface area contributed by atoms with Crippen LogP contribution in [0.15, 0.2) is 97.3 Å². The Kier molecular flexibility index (Phi) is 10.0. The summed E-state index contributed by atoms with van der Waals surface area (Å²) in [6, 6.07) is 26.1. The number of carbonyl (C=O) groups is 2. The average molecular weight is 643 g/mol. The topological polar surface area (TPSA) is 87.2 Å². The van der Waals surface area contributed by atoms with Crippen LogP contribution < -0.4 is 0 Å². The minimum atomic E-state index is -4.58. The number of hydrogen-bond donors (Lipinski definition) is 0. The second-order valence-corrected chi connectivity index (χ2v) is 10.5. The number of hydrogen-bond acceptors (Lipinski definition) is 6. The van der Waals surface area contributed by atoms with Crippen molar-refractivity contribution in [2.45, 2.75) is 39.8 Å². The molecule has 2 aromatic carbocycles. The van der Waals surface area contributed by atoms with Crippen LogP contribution in [0.25, 0.3) is 33.8 Å². The molecular formula is C36H33F3N4O4. The second-order valence-electron chi connectivity index (χ2n) is 10.5. The van der Waals surface area contributed by atoms with Crippen molar-refractivity contribution in [2.75, 3.05) is 13.2 Å². The predicted octanol–water partition coefficient (Wildman–Crippen LogP) is 8.02. The lowest BCUT2D eigenvalue weighted by Gasteiger charge is -2.09. The molecule has 4 aromatic heterocycles. The Morgan fingerprint density at radius 2 is 1.09 bits per heavy atom. The summed E-state index contributed by atoms with van der Waals surface area (Å²) < 4.78 is 50.1. The van der Waals surface area contributed by atoms with Crippen LogP contribution in [-0.2, 0) is 22.3 Å². The molecule has 4 heterocycles. The number of carbonyl (C=O) groups excluding carboxylic acids is 2. The molecule has 0 bridgehead atoms. The third-order valence-corrected chi connectivity index (χ3v) is 7.32. The molecule has 0 aliphatic heterocycles. The lowest BCUT2D eigenvalue weighted by atomic mass is 10.1. The van der Waals surface area contributed by atoms with Crippen LogP contribution in [0.4, 0.5) is 13.2 Å². The maximum Gasteiger partial charge on any atom is 0.422 e. The molecule has 0 saturated heterocycles. The van der Waals surface area contributed by atoms with Gasteiger partial charge in [-0.15, -0.1) is 0 Å². The number of aryl methyl sites for hydroxylation is 2. The molecule has 0 saturated carbocycles. The summed E-state index contributed by atoms with van der Waals surface area (Å²) in [7, 11) is 0. The number of imidazole rings is 2. The van der Waals surface area contributed by atoms with E-state index in [1.165, 1.54) is 9.96 Å². The highest BCUT2D eigenvalue weighted by atomic mass is 19.4. The van der Waals surface area contributed by atoms with Crippen LogP contribution in [0.2, 0.25) is 0 Å². The molecule has 0 radical (unpaired) electrons. The van der Waals surface area contributed by atoms with Crippen LogP contribution in [0.1, 0.15) is 52.9 Å². The molecule has 47 heavy (non-hydrogen) atoms. The van der Waals surface area contributed by atoms with Crippen LogP contribution in [0, 0.1) is 0 Å². The van der Waals surface area contributed by atoms with Gasteiger partial charge in [0.05, 0.1) is 6.61 Å². The number of esters is 2. The minimum Gasteiger partial charge on any atom is -0.461 e. The van der Waals surface area contributed by atoms with E-state index in [4.69, 9.17) is 4.74 Å². The fraction of sp³-hybridized carbons (Fsp3) is 0.222. The van der Waals surface area contributed by atoms with Crippen molar-refractivity contribution in [3.05, 3.63) is 120 Å². The van der Waals surface area contributed by atoms with Crippen molar-refractivity contribution in [1.82, 2.24) is 18.8 Å². The molecule has 0 spiro atoms. The number of halogens is 3. The first-order valence-corrected chi connectivity index (χ1v) is 15.2. The van der Waals surface area contributed by atoms with Gasteiger partial charge in [0.1, 0.15) is 22.7 Å². The van der Waals surface area contributed by atoms with Gasteiger partial charge in [-0.1, -0.05) is 74.5 Å². The Morgan fingerprint density at radius 1 is 0.660 bits per heavy atom. The SMILES string of the molecule is CCOC(=O)c1c(-c2ccccc2)nc2cc(CC)ccn12.CCc1ccn2c(C(=O)OCC(F)(F)F)c(-c3ccccc3)nc2c1. The summed E-state index contributed by atoms with van der Waals surface area (Å²) >= 11 is 0. The normalized spacial score (nSPS) is 11.3. The molecule has 0 aliphatic rings. The van der Waals surface area contributed by atoms with Gasteiger partial charge in [-0.3, -0.25) is 8.80 Å². The average Bonchev–Trinajstić information content (AvgIpc) is 3.66. The highest BCUT2D eigenvalue weighted by Gasteiger charge is 2.31. The molecule has 0 fully saturated rings. The summed E-state index contributed by atoms with van der Waals surface area (Å²) in [5.74, 6) is -1.41. The summed E-state index contributed by atoms with van der Waals surface area (Å²) in [5, 5.41) is 0. The molecule has 0 N–H and O–H groups in total. The molecule has 6 aromatic rings. The van der Waals surface area contributed by atoms with Crippen molar-refractivity contribution in [3.8, 4) is 22.5 Å². The first-order chi connectivity index (χ1) is 22.6. The van der Waals surface area contributed by atoms with E-state index in [1.54, 1.807) is 60.0 Å². The van der Waals surface area contributed by atoms with Crippen molar-refractivity contribution >= 4 is 23.2 Å². The number of nitrogens with zero attached hydrogens (tertiary/aromatic N) is 4. The molecule has 6 rings (SSSR count). The lowest BCUT2D eigenvalue weighted by molar-refractivity contribution is -0.161. The van der Waals surface area contributed by atoms with E-state index in [2.05, 4.69) is 21.6 Å². The Labute approximate surface area is 269 Å². The van der Waals surface area contributed by atoms with Gasteiger partial charge >= 0.3 is 18.1 Å². The Morgan fingerprint density at radius 3 is 1.47 bits per heavy atom. The molecule has 11 heteroatoms. The van der Waals surface area contributed by atoms with Crippen LogP contribution >= 0.6 is 0 Å². The van der Waals surface area contributed by atoms with E-state index < -0.39 is 18.8 Å². The third-order valence-electron chi connectivity index (χ3n) is 7.32. The predicted molar refractivity (Wildman–Crippen MR) is 172 cm³/mol. The summed E-state index contributed by atoms with van der Waals surface area (Å²) in [6.07, 6.45) is 0.632. The van der Waals surface area contributed by atoms with Crippen molar-refractivity contribution in [1.29, 1.82) is 0 Å². The lowest BCUT2D eigenvalue weighted by Crippen LogP contribution is -2.21. The second kappa shape index (κ2) is 14.3. The van der Waals surface area contributed by atoms with Gasteiger partial charge in [-0.25, -0.2) is 19.6 Å². The number of alkyl halides is 3. The largest absolute Gasteiger partial charge is 0.461 e. The van der Waals surface area contributed by atoms with Crippen LogP contribution in [0.3, 0.4) is 0 Å². The smallest absolute Gasteiger partial charge is 0.422 e. The van der Waals surface area contributed by atoms with E-state index in [0.717, 1.165) is 29.6 Å². The molecule has 0 atom stereocenters. The van der Waals surface area contributed by atoms with Crippen molar-refractivity contribution < 1.29 is 32.2 Å². The van der Waals surface area contributed by atoms with E-state index in [9.17, 15) is 22.8 Å². The summed E-state index contributed by atoms with van der Waals surface area (Å²) in [4.78, 5) is 33.8. The Balaban J connectivity index is 0.000000186. The fourth-order valence-electron chi connectivity index (χ4n) is 5.01. The standard InChI is InChI=1S/C18H15F3N2O2.C18H18N2O2/c1-2-12-8-9-23-14(10-12)22-15(13-6-4-3-5-7-13)16(23)17(24)25-11-18(19,20)21;1-3-13-10-11-20-15(12-13)19-16(14-8-6-5-7-9-14)17(20)18(21)22-4-2/h3-10H,2,11H2,1H3;5-12H,3-4H2,1-2H3. The van der Waals surface area contributed by atoms with Crippen molar-refractivity contribution in [3.63, 3.8) is 0 Å². The number of ether oxygens (including phenoxy) is 2. The Hall–Kier alpha value is -5.45. The molecular weight excluding hydrogens is 609 g/mol. The number of pyridine rings is 2. The zero-order chi connectivity index (χ0) is 33.6. The maximum atomic E-state index is 12.4. The summed E-state index contributed by atoms with van der Waals surface area (Å²) in [5.41, 5.74) is 6.39. The summed E-state index contributed by atoms with van der Waals surface area (Å²) in [6.45, 7) is 4.58. The number of aromatic nitrogens is 4. The third kappa shape index (κ3) is 7.51. The monoisotopic (exact) mass is 642 g/mol. The van der Waals surface area contributed by atoms with Gasteiger partial charge in [0, 0.05) is 23.5 Å². The molecule has 0 aliphatic carbocycles. The van der Waals surface area contributed by atoms with E-state index >= 15 is 0 Å². The van der Waals surface area contributed by atoms with Gasteiger partial charge in [0.2, 0.25) is 0 Å². The molecule has 242 valence electrons. The van der Waals surface area contributed by atoms with Gasteiger partial charge in [0.25, 0.3) is 0 Å². The molecule has 8 nitrogen and oxygen atoms in total. The number of benzene rings is 2. The van der Waals surface area contributed by atoms with Gasteiger partial charge in [0.15, 0.2) is 18.0 Å². The van der Waals surface area contributed by atoms with E-state index in [0.29, 0.717) is 34.9 Å². The first kappa shape index (κ1) is 32.9. The number of fused-ring (bicyclic) bond motifs is 2. The fourth-order valence-corrected chi connectivity index (χ4v) is 5.01. The maximum absolute atomic E-state index is 12.4. The van der Waals surface area contributed by atoms with Crippen LogP contribution in [-0.4, -0.2) is 50.1 Å². The first-order valence-electron chi connectivity index (χ1n) is 15.2. The van der Waals surface area contributed by atoms with Gasteiger partial charge in [-0.05, 0) is 55.2 Å². The highest BCUT2D eigenvalue weighted by Crippen LogP contribution is 2.28. The van der Waals surface area contributed by atoms with Crippen molar-refractivity contribution in [2.24, 2.45) is 0 Å². The van der Waals surface area contributed by atoms with Gasteiger partial charge in [-0.2, -0.15) is 13.2 Å². The Bertz CT molecular complexity index is 2000. The molecule has 0 amide bonds. The quantitative estimate of drug-likeness (QED) is 0.156. The van der Waals surface area contributed by atoms with Crippen LogP contribution in [0.5, 0.6) is 0 Å². The van der Waals surface area contributed by atoms with E-state index in [1.807, 2.05) is 55.6 Å². The number of rotatable bonds is 8. The zero-order valence-corrected chi connectivity index (χ0v) is 26.1. The zero-order valence-electron chi connectivity index (χ0n) is 26.1. The minimum absolute atomic E-state index is 0.0203. The van der Waals surface area contributed by atoms with Gasteiger partial charge < -0.3 is 9.47 Å². The molecule has 0 unspecified atom stereocenters. The highest BCUT2D eigenvalue weighted by molar-refractivity contribution is 5.97.